The number of rotatable bonds is 4. The van der Waals surface area contributed by atoms with E-state index in [4.69, 9.17) is 0 Å². The average molecular weight is 316 g/mol. The lowest BCUT2D eigenvalue weighted by Crippen LogP contribution is -1.98. The van der Waals surface area contributed by atoms with Crippen LogP contribution in [0.3, 0.4) is 0 Å². The minimum absolute atomic E-state index is 0.140. The summed E-state index contributed by atoms with van der Waals surface area (Å²) in [5.74, 6) is 0.906. The monoisotopic (exact) mass is 316 g/mol. The zero-order valence-electron chi connectivity index (χ0n) is 14.7. The maximum atomic E-state index is 13.1. The van der Waals surface area contributed by atoms with Crippen LogP contribution in [0.4, 0.5) is 4.53 Å². The second-order valence-electron chi connectivity index (χ2n) is 6.82. The SMILES string of the molecule is Cc1cc(O)c(-c2cc(C(C)C)c(C)cc2OF)cc1C(C)C. The molecule has 0 saturated carbocycles. The third-order valence-corrected chi connectivity index (χ3v) is 4.37. The number of aryl methyl sites for hydroxylation is 2. The van der Waals surface area contributed by atoms with Gasteiger partial charge in [-0.05, 0) is 72.2 Å². The molecule has 2 rings (SSSR count). The van der Waals surface area contributed by atoms with E-state index in [2.05, 4.69) is 32.6 Å². The van der Waals surface area contributed by atoms with Crippen molar-refractivity contribution in [2.75, 3.05) is 0 Å². The molecular formula is C20H25FO2. The summed E-state index contributed by atoms with van der Waals surface area (Å²) in [5.41, 5.74) is 5.45. The average Bonchev–Trinajstić information content (AvgIpc) is 2.46. The van der Waals surface area contributed by atoms with Crippen LogP contribution in [0.25, 0.3) is 11.1 Å². The van der Waals surface area contributed by atoms with Crippen molar-refractivity contribution in [3.8, 4) is 22.6 Å². The summed E-state index contributed by atoms with van der Waals surface area (Å²) in [6.45, 7) is 12.3. The fraction of sp³-hybridized carbons (Fsp3) is 0.400. The lowest BCUT2D eigenvalue weighted by molar-refractivity contribution is -0.00555. The van der Waals surface area contributed by atoms with Gasteiger partial charge < -0.3 is 5.11 Å². The van der Waals surface area contributed by atoms with Gasteiger partial charge >= 0.3 is 0 Å². The summed E-state index contributed by atoms with van der Waals surface area (Å²) in [5, 5.41) is 10.4. The lowest BCUT2D eigenvalue weighted by atomic mass is 9.89. The summed E-state index contributed by atoms with van der Waals surface area (Å²) < 4.78 is 13.1. The zero-order valence-corrected chi connectivity index (χ0v) is 14.7. The highest BCUT2D eigenvalue weighted by Crippen LogP contribution is 2.41. The molecule has 2 aromatic carbocycles. The molecule has 2 nitrogen and oxygen atoms in total. The molecule has 0 fully saturated rings. The molecule has 23 heavy (non-hydrogen) atoms. The van der Waals surface area contributed by atoms with Crippen molar-refractivity contribution in [1.29, 1.82) is 0 Å². The van der Waals surface area contributed by atoms with Crippen LogP contribution >= 0.6 is 0 Å². The van der Waals surface area contributed by atoms with Crippen molar-refractivity contribution in [1.82, 2.24) is 0 Å². The van der Waals surface area contributed by atoms with Crippen molar-refractivity contribution < 1.29 is 14.6 Å². The van der Waals surface area contributed by atoms with E-state index in [0.29, 0.717) is 23.0 Å². The largest absolute Gasteiger partial charge is 0.507 e. The van der Waals surface area contributed by atoms with Gasteiger partial charge in [0.1, 0.15) is 5.75 Å². The van der Waals surface area contributed by atoms with E-state index in [9.17, 15) is 9.63 Å². The predicted molar refractivity (Wildman–Crippen MR) is 92.9 cm³/mol. The molecule has 0 aliphatic heterocycles. The Bertz CT molecular complexity index is 718. The molecule has 0 atom stereocenters. The highest BCUT2D eigenvalue weighted by atomic mass is 19.3. The summed E-state index contributed by atoms with van der Waals surface area (Å²) in [6, 6.07) is 7.29. The highest BCUT2D eigenvalue weighted by molar-refractivity contribution is 5.78. The van der Waals surface area contributed by atoms with Crippen LogP contribution in [-0.4, -0.2) is 5.11 Å². The standard InChI is InChI=1S/C20H25FO2/c1-11(2)15-9-17(19(22)7-13(15)5)18-10-16(12(3)4)14(6)8-20(18)23-21/h7-12,22H,1-6H3. The molecule has 124 valence electrons. The molecule has 3 heteroatoms. The van der Waals surface area contributed by atoms with Crippen molar-refractivity contribution in [2.24, 2.45) is 0 Å². The Labute approximate surface area is 137 Å². The molecule has 0 amide bonds. The minimum Gasteiger partial charge on any atom is -0.507 e. The van der Waals surface area contributed by atoms with Crippen LogP contribution in [0.1, 0.15) is 61.8 Å². The number of phenolic OH excluding ortho intramolecular Hbond substituents is 1. The van der Waals surface area contributed by atoms with Crippen LogP contribution in [0.2, 0.25) is 0 Å². The molecule has 0 aromatic heterocycles. The third kappa shape index (κ3) is 3.34. The van der Waals surface area contributed by atoms with E-state index < -0.39 is 0 Å². The molecule has 0 unspecified atom stereocenters. The highest BCUT2D eigenvalue weighted by Gasteiger charge is 2.18. The Balaban J connectivity index is 2.75. The Morgan fingerprint density at radius 2 is 1.30 bits per heavy atom. The Kier molecular flexibility index (Phi) is 4.98. The molecule has 0 heterocycles. The van der Waals surface area contributed by atoms with Gasteiger partial charge in [0, 0.05) is 15.7 Å². The summed E-state index contributed by atoms with van der Waals surface area (Å²) >= 11 is 0. The quantitative estimate of drug-likeness (QED) is 0.729. The first-order chi connectivity index (χ1) is 10.8. The van der Waals surface area contributed by atoms with Gasteiger partial charge in [-0.2, -0.15) is 0 Å². The maximum Gasteiger partial charge on any atom is 0.180 e. The van der Waals surface area contributed by atoms with E-state index in [0.717, 1.165) is 22.3 Å². The van der Waals surface area contributed by atoms with Crippen molar-refractivity contribution >= 4 is 0 Å². The molecule has 2 aromatic rings. The molecular weight excluding hydrogens is 291 g/mol. The van der Waals surface area contributed by atoms with Crippen molar-refractivity contribution in [2.45, 2.75) is 53.4 Å². The Morgan fingerprint density at radius 1 is 0.826 bits per heavy atom. The van der Waals surface area contributed by atoms with Gasteiger partial charge in [-0.1, -0.05) is 27.7 Å². The van der Waals surface area contributed by atoms with Crippen LogP contribution in [0, 0.1) is 13.8 Å². The Hall–Kier alpha value is -2.03. The van der Waals surface area contributed by atoms with Crippen LogP contribution in [0.5, 0.6) is 11.5 Å². The molecule has 0 radical (unpaired) electrons. The van der Waals surface area contributed by atoms with E-state index in [1.54, 1.807) is 12.1 Å². The second kappa shape index (κ2) is 6.61. The van der Waals surface area contributed by atoms with Gasteiger partial charge in [-0.15, -0.1) is 0 Å². The fourth-order valence-corrected chi connectivity index (χ4v) is 3.14. The first kappa shape index (κ1) is 17.3. The van der Waals surface area contributed by atoms with Crippen LogP contribution in [-0.2, 0) is 0 Å². The predicted octanol–water partition coefficient (Wildman–Crippen LogP) is 6.19. The first-order valence-corrected chi connectivity index (χ1v) is 8.03. The fourth-order valence-electron chi connectivity index (χ4n) is 3.14. The molecule has 0 bridgehead atoms. The summed E-state index contributed by atoms with van der Waals surface area (Å²) in [4.78, 5) is 4.09. The van der Waals surface area contributed by atoms with Gasteiger partial charge in [-0.25, -0.2) is 0 Å². The summed E-state index contributed by atoms with van der Waals surface area (Å²) in [7, 11) is 0. The molecule has 1 N–H and O–H groups in total. The van der Waals surface area contributed by atoms with Crippen LogP contribution in [0.15, 0.2) is 24.3 Å². The lowest BCUT2D eigenvalue weighted by Gasteiger charge is -2.18. The normalized spacial score (nSPS) is 11.3. The number of halogens is 1. The molecule has 0 spiro atoms. The number of aromatic hydroxyl groups is 1. The van der Waals surface area contributed by atoms with E-state index in [1.165, 1.54) is 0 Å². The van der Waals surface area contributed by atoms with E-state index in [-0.39, 0.29) is 11.5 Å². The maximum absolute atomic E-state index is 13.1. The molecule has 0 saturated heterocycles. The smallest absolute Gasteiger partial charge is 0.180 e. The first-order valence-electron chi connectivity index (χ1n) is 8.03. The number of hydrogen-bond donors (Lipinski definition) is 1. The zero-order chi connectivity index (χ0) is 17.3. The van der Waals surface area contributed by atoms with Gasteiger partial charge in [0.05, 0.1) is 0 Å². The van der Waals surface area contributed by atoms with E-state index >= 15 is 0 Å². The third-order valence-electron chi connectivity index (χ3n) is 4.37. The van der Waals surface area contributed by atoms with Crippen LogP contribution < -0.4 is 4.94 Å². The molecule has 0 aliphatic rings. The Morgan fingerprint density at radius 3 is 1.78 bits per heavy atom. The number of benzene rings is 2. The second-order valence-corrected chi connectivity index (χ2v) is 6.82. The summed E-state index contributed by atoms with van der Waals surface area (Å²) in [6.07, 6.45) is 0. The van der Waals surface area contributed by atoms with Gasteiger partial charge in [-0.3, -0.25) is 4.94 Å². The van der Waals surface area contributed by atoms with Gasteiger partial charge in [0.25, 0.3) is 0 Å². The topological polar surface area (TPSA) is 29.5 Å². The van der Waals surface area contributed by atoms with Gasteiger partial charge in [0.2, 0.25) is 0 Å². The molecule has 0 aliphatic carbocycles. The number of hydrogen-bond acceptors (Lipinski definition) is 2. The van der Waals surface area contributed by atoms with Gasteiger partial charge in [0.15, 0.2) is 5.75 Å². The van der Waals surface area contributed by atoms with E-state index in [1.807, 2.05) is 26.0 Å². The minimum atomic E-state index is 0.140. The van der Waals surface area contributed by atoms with Crippen molar-refractivity contribution in [3.63, 3.8) is 0 Å². The number of phenols is 1. The van der Waals surface area contributed by atoms with Crippen molar-refractivity contribution in [3.05, 3.63) is 46.5 Å².